The molecule has 5 heteroatoms. The van der Waals surface area contributed by atoms with E-state index in [0.29, 0.717) is 16.9 Å². The topological polar surface area (TPSA) is 38.9 Å². The van der Waals surface area contributed by atoms with Crippen LogP contribution in [0, 0.1) is 11.6 Å². The lowest BCUT2D eigenvalue weighted by atomic mass is 10.1. The molecule has 1 aromatic carbocycles. The second-order valence-electron chi connectivity index (χ2n) is 3.22. The molecule has 0 radical (unpaired) electrons. The molecule has 0 spiro atoms. The number of nitrogens with zero attached hydrogens (tertiary/aromatic N) is 1. The molecule has 0 aliphatic carbocycles. The summed E-state index contributed by atoms with van der Waals surface area (Å²) in [6.45, 7) is 0. The van der Waals surface area contributed by atoms with Crippen LogP contribution in [-0.2, 0) is 0 Å². The van der Waals surface area contributed by atoms with Crippen molar-refractivity contribution in [2.45, 2.75) is 0 Å². The molecule has 0 saturated carbocycles. The number of rotatable bonds is 1. The third-order valence-electron chi connectivity index (χ3n) is 2.11. The standard InChI is InChI=1S/C11H7ClF2N2/c12-8-4-10(14)9(13)3-7(8)6-1-2-11(15)16-5-6/h1-5H,(H2,15,16). The fourth-order valence-corrected chi connectivity index (χ4v) is 1.57. The number of nitrogens with two attached hydrogens (primary N) is 1. The van der Waals surface area contributed by atoms with Gasteiger partial charge in [-0.15, -0.1) is 0 Å². The van der Waals surface area contributed by atoms with E-state index in [1.807, 2.05) is 0 Å². The summed E-state index contributed by atoms with van der Waals surface area (Å²) < 4.78 is 25.9. The first-order valence-corrected chi connectivity index (χ1v) is 4.82. The molecule has 1 heterocycles. The van der Waals surface area contributed by atoms with Crippen molar-refractivity contribution in [1.29, 1.82) is 0 Å². The van der Waals surface area contributed by atoms with Crippen LogP contribution in [0.2, 0.25) is 5.02 Å². The van der Waals surface area contributed by atoms with E-state index < -0.39 is 11.6 Å². The third-order valence-corrected chi connectivity index (χ3v) is 2.42. The Bertz CT molecular complexity index is 526. The number of halogens is 3. The monoisotopic (exact) mass is 240 g/mol. The molecule has 82 valence electrons. The minimum absolute atomic E-state index is 0.130. The van der Waals surface area contributed by atoms with Crippen LogP contribution < -0.4 is 5.73 Å². The summed E-state index contributed by atoms with van der Waals surface area (Å²) in [6, 6.07) is 5.17. The Balaban J connectivity index is 2.56. The zero-order chi connectivity index (χ0) is 11.7. The second kappa shape index (κ2) is 4.06. The fourth-order valence-electron chi connectivity index (χ4n) is 1.31. The minimum Gasteiger partial charge on any atom is -0.384 e. The number of pyridine rings is 1. The molecule has 0 aliphatic heterocycles. The second-order valence-corrected chi connectivity index (χ2v) is 3.63. The van der Waals surface area contributed by atoms with Gasteiger partial charge in [-0.2, -0.15) is 0 Å². The van der Waals surface area contributed by atoms with Crippen molar-refractivity contribution >= 4 is 17.4 Å². The van der Waals surface area contributed by atoms with Crippen LogP contribution in [-0.4, -0.2) is 4.98 Å². The predicted octanol–water partition coefficient (Wildman–Crippen LogP) is 3.26. The molecule has 0 unspecified atom stereocenters. The van der Waals surface area contributed by atoms with Gasteiger partial charge in [-0.1, -0.05) is 11.6 Å². The molecule has 2 N–H and O–H groups in total. The Labute approximate surface area is 95.7 Å². The van der Waals surface area contributed by atoms with Crippen molar-refractivity contribution in [1.82, 2.24) is 4.98 Å². The van der Waals surface area contributed by atoms with Gasteiger partial charge in [0.05, 0.1) is 5.02 Å². The first-order valence-electron chi connectivity index (χ1n) is 4.44. The molecule has 1 aromatic heterocycles. The zero-order valence-corrected chi connectivity index (χ0v) is 8.80. The van der Waals surface area contributed by atoms with Gasteiger partial charge in [0.25, 0.3) is 0 Å². The van der Waals surface area contributed by atoms with Gasteiger partial charge in [0.15, 0.2) is 11.6 Å². The Morgan fingerprint density at radius 2 is 1.81 bits per heavy atom. The van der Waals surface area contributed by atoms with Gasteiger partial charge in [0.1, 0.15) is 5.82 Å². The lowest BCUT2D eigenvalue weighted by molar-refractivity contribution is 0.509. The van der Waals surface area contributed by atoms with Crippen molar-refractivity contribution in [2.75, 3.05) is 5.73 Å². The van der Waals surface area contributed by atoms with Crippen LogP contribution in [0.5, 0.6) is 0 Å². The van der Waals surface area contributed by atoms with Crippen LogP contribution >= 0.6 is 11.6 Å². The molecule has 16 heavy (non-hydrogen) atoms. The van der Waals surface area contributed by atoms with Crippen molar-refractivity contribution < 1.29 is 8.78 Å². The number of benzene rings is 1. The highest BCUT2D eigenvalue weighted by Gasteiger charge is 2.10. The highest BCUT2D eigenvalue weighted by Crippen LogP contribution is 2.29. The van der Waals surface area contributed by atoms with Gasteiger partial charge in [-0.3, -0.25) is 0 Å². The van der Waals surface area contributed by atoms with E-state index >= 15 is 0 Å². The van der Waals surface area contributed by atoms with Gasteiger partial charge in [-0.25, -0.2) is 13.8 Å². The van der Waals surface area contributed by atoms with E-state index in [1.165, 1.54) is 6.20 Å². The predicted molar refractivity (Wildman–Crippen MR) is 59.0 cm³/mol. The van der Waals surface area contributed by atoms with Crippen LogP contribution in [0.15, 0.2) is 30.5 Å². The molecular formula is C11H7ClF2N2. The normalized spacial score (nSPS) is 10.4. The highest BCUT2D eigenvalue weighted by atomic mass is 35.5. The molecule has 2 rings (SSSR count). The number of hydrogen-bond acceptors (Lipinski definition) is 2. The smallest absolute Gasteiger partial charge is 0.160 e. The van der Waals surface area contributed by atoms with Crippen LogP contribution in [0.3, 0.4) is 0 Å². The average molecular weight is 241 g/mol. The number of aromatic nitrogens is 1. The number of hydrogen-bond donors (Lipinski definition) is 1. The lowest BCUT2D eigenvalue weighted by Crippen LogP contribution is -1.91. The van der Waals surface area contributed by atoms with E-state index in [4.69, 9.17) is 17.3 Å². The van der Waals surface area contributed by atoms with Crippen molar-refractivity contribution in [3.8, 4) is 11.1 Å². The molecule has 0 atom stereocenters. The molecule has 0 aliphatic rings. The average Bonchev–Trinajstić information content (AvgIpc) is 2.25. The maximum absolute atomic E-state index is 13.0. The summed E-state index contributed by atoms with van der Waals surface area (Å²) in [5, 5.41) is 0.130. The molecule has 0 saturated heterocycles. The molecule has 2 aromatic rings. The van der Waals surface area contributed by atoms with E-state index in [1.54, 1.807) is 12.1 Å². The Kier molecular flexibility index (Phi) is 2.75. The third kappa shape index (κ3) is 1.97. The van der Waals surface area contributed by atoms with Gasteiger partial charge >= 0.3 is 0 Å². The maximum Gasteiger partial charge on any atom is 0.160 e. The van der Waals surface area contributed by atoms with Gasteiger partial charge < -0.3 is 5.73 Å². The first kappa shape index (κ1) is 10.8. The SMILES string of the molecule is Nc1ccc(-c2cc(F)c(F)cc2Cl)cn1. The summed E-state index contributed by atoms with van der Waals surface area (Å²) in [5.41, 5.74) is 6.38. The zero-order valence-electron chi connectivity index (χ0n) is 8.05. The number of nitrogen functional groups attached to an aromatic ring is 1. The summed E-state index contributed by atoms with van der Waals surface area (Å²) in [7, 11) is 0. The van der Waals surface area contributed by atoms with Crippen LogP contribution in [0.4, 0.5) is 14.6 Å². The van der Waals surface area contributed by atoms with Crippen molar-refractivity contribution in [2.24, 2.45) is 0 Å². The summed E-state index contributed by atoms with van der Waals surface area (Å²) >= 11 is 5.81. The summed E-state index contributed by atoms with van der Waals surface area (Å²) in [6.07, 6.45) is 1.45. The molecule has 0 bridgehead atoms. The van der Waals surface area contributed by atoms with E-state index in [9.17, 15) is 8.78 Å². The van der Waals surface area contributed by atoms with Gasteiger partial charge in [0.2, 0.25) is 0 Å². The summed E-state index contributed by atoms with van der Waals surface area (Å²) in [4.78, 5) is 3.85. The van der Waals surface area contributed by atoms with Crippen molar-refractivity contribution in [3.05, 3.63) is 47.1 Å². The Hall–Kier alpha value is -1.68. The highest BCUT2D eigenvalue weighted by molar-refractivity contribution is 6.33. The van der Waals surface area contributed by atoms with Crippen LogP contribution in [0.25, 0.3) is 11.1 Å². The number of anilines is 1. The molecule has 0 amide bonds. The van der Waals surface area contributed by atoms with E-state index in [2.05, 4.69) is 4.98 Å². The molecular weight excluding hydrogens is 234 g/mol. The lowest BCUT2D eigenvalue weighted by Gasteiger charge is -2.05. The Morgan fingerprint density at radius 1 is 1.12 bits per heavy atom. The first-order chi connectivity index (χ1) is 7.58. The molecule has 2 nitrogen and oxygen atoms in total. The summed E-state index contributed by atoms with van der Waals surface area (Å²) in [5.74, 6) is -1.57. The van der Waals surface area contributed by atoms with E-state index in [-0.39, 0.29) is 5.02 Å². The minimum atomic E-state index is -0.975. The molecule has 0 fully saturated rings. The van der Waals surface area contributed by atoms with E-state index in [0.717, 1.165) is 12.1 Å². The van der Waals surface area contributed by atoms with Gasteiger partial charge in [0, 0.05) is 17.3 Å². The Morgan fingerprint density at radius 3 is 2.44 bits per heavy atom. The maximum atomic E-state index is 13.0. The largest absolute Gasteiger partial charge is 0.384 e. The van der Waals surface area contributed by atoms with Crippen LogP contribution in [0.1, 0.15) is 0 Å². The van der Waals surface area contributed by atoms with Crippen molar-refractivity contribution in [3.63, 3.8) is 0 Å². The van der Waals surface area contributed by atoms with Gasteiger partial charge in [-0.05, 0) is 24.3 Å². The quantitative estimate of drug-likeness (QED) is 0.777. The fraction of sp³-hybridized carbons (Fsp3) is 0.